The summed E-state index contributed by atoms with van der Waals surface area (Å²) in [4.78, 5) is 18.8. The van der Waals surface area contributed by atoms with Gasteiger partial charge in [0.15, 0.2) is 5.82 Å². The molecule has 1 aromatic rings. The van der Waals surface area contributed by atoms with Crippen LogP contribution in [0.2, 0.25) is 0 Å². The molecule has 1 amide bonds. The molecule has 0 unspecified atom stereocenters. The van der Waals surface area contributed by atoms with Gasteiger partial charge in [-0.15, -0.1) is 0 Å². The average molecular weight is 293 g/mol. The number of piperidine rings is 1. The normalized spacial score (nSPS) is 26.5. The van der Waals surface area contributed by atoms with Crippen molar-refractivity contribution in [2.24, 2.45) is 0 Å². The van der Waals surface area contributed by atoms with Crippen LogP contribution in [0.15, 0.2) is 4.52 Å². The average Bonchev–Trinajstić information content (AvgIpc) is 3.18. The van der Waals surface area contributed by atoms with Crippen molar-refractivity contribution >= 4 is 5.91 Å². The summed E-state index contributed by atoms with van der Waals surface area (Å²) < 4.78 is 10.8. The van der Waals surface area contributed by atoms with Gasteiger partial charge in [-0.25, -0.2) is 0 Å². The molecule has 3 heterocycles. The Morgan fingerprint density at radius 2 is 2.19 bits per heavy atom. The maximum absolute atomic E-state index is 12.4. The molecule has 0 saturated carbocycles. The van der Waals surface area contributed by atoms with E-state index in [2.05, 4.69) is 10.1 Å². The van der Waals surface area contributed by atoms with E-state index in [1.165, 1.54) is 0 Å². The van der Waals surface area contributed by atoms with Gasteiger partial charge in [-0.05, 0) is 25.7 Å². The van der Waals surface area contributed by atoms with Crippen LogP contribution in [0.25, 0.3) is 0 Å². The number of carbonyl (C=O) groups is 1. The number of ether oxygens (including phenoxy) is 1. The van der Waals surface area contributed by atoms with Gasteiger partial charge in [-0.2, -0.15) is 4.98 Å². The molecule has 6 nitrogen and oxygen atoms in total. The lowest BCUT2D eigenvalue weighted by molar-refractivity contribution is -0.142. The van der Waals surface area contributed by atoms with Crippen LogP contribution in [0.1, 0.15) is 63.1 Å². The van der Waals surface area contributed by atoms with Crippen LogP contribution >= 0.6 is 0 Å². The van der Waals surface area contributed by atoms with Crippen molar-refractivity contribution in [2.45, 2.75) is 57.5 Å². The highest BCUT2D eigenvalue weighted by molar-refractivity contribution is 5.81. The highest BCUT2D eigenvalue weighted by Gasteiger charge is 2.33. The van der Waals surface area contributed by atoms with Gasteiger partial charge in [0.25, 0.3) is 5.91 Å². The topological polar surface area (TPSA) is 68.5 Å². The van der Waals surface area contributed by atoms with Crippen LogP contribution in [0.3, 0.4) is 0 Å². The second-order valence-corrected chi connectivity index (χ2v) is 6.27. The summed E-state index contributed by atoms with van der Waals surface area (Å²) in [6.45, 7) is 6.26. The van der Waals surface area contributed by atoms with Crippen molar-refractivity contribution in [1.82, 2.24) is 15.0 Å². The monoisotopic (exact) mass is 293 g/mol. The molecule has 0 aliphatic carbocycles. The molecule has 116 valence electrons. The minimum absolute atomic E-state index is 0.129. The van der Waals surface area contributed by atoms with E-state index < -0.39 is 0 Å². The largest absolute Gasteiger partial charge is 0.368 e. The fraction of sp³-hybridized carbons (Fsp3) is 0.800. The molecular weight excluding hydrogens is 270 g/mol. The molecule has 21 heavy (non-hydrogen) atoms. The summed E-state index contributed by atoms with van der Waals surface area (Å²) in [5, 5.41) is 4.10. The summed E-state index contributed by atoms with van der Waals surface area (Å²) in [6.07, 6.45) is 3.58. The number of carbonyl (C=O) groups excluding carboxylic acids is 1. The first-order chi connectivity index (χ1) is 10.1. The Morgan fingerprint density at radius 3 is 2.86 bits per heavy atom. The first kappa shape index (κ1) is 14.5. The Labute approximate surface area is 124 Å². The Morgan fingerprint density at radius 1 is 1.33 bits per heavy atom. The fourth-order valence-corrected chi connectivity index (χ4v) is 3.01. The summed E-state index contributed by atoms with van der Waals surface area (Å²) >= 11 is 0. The Kier molecular flexibility index (Phi) is 4.24. The number of hydrogen-bond acceptors (Lipinski definition) is 5. The molecule has 1 aromatic heterocycles. The van der Waals surface area contributed by atoms with Crippen molar-refractivity contribution in [3.05, 3.63) is 11.7 Å². The van der Waals surface area contributed by atoms with Gasteiger partial charge in [0.2, 0.25) is 5.89 Å². The zero-order chi connectivity index (χ0) is 14.8. The Balaban J connectivity index is 1.65. The molecule has 0 radical (unpaired) electrons. The van der Waals surface area contributed by atoms with Crippen LogP contribution in [-0.2, 0) is 9.53 Å². The number of likely N-dealkylation sites (tertiary alicyclic amines) is 1. The lowest BCUT2D eigenvalue weighted by atomic mass is 9.96. The van der Waals surface area contributed by atoms with Gasteiger partial charge in [0, 0.05) is 31.5 Å². The van der Waals surface area contributed by atoms with E-state index in [1.807, 2.05) is 18.7 Å². The molecule has 2 saturated heterocycles. The van der Waals surface area contributed by atoms with Crippen molar-refractivity contribution in [1.29, 1.82) is 0 Å². The Hall–Kier alpha value is -1.43. The highest BCUT2D eigenvalue weighted by atomic mass is 16.5. The number of nitrogens with zero attached hydrogens (tertiary/aromatic N) is 3. The predicted octanol–water partition coefficient (Wildman–Crippen LogP) is 2.08. The summed E-state index contributed by atoms with van der Waals surface area (Å²) in [7, 11) is 0. The van der Waals surface area contributed by atoms with Crippen LogP contribution in [0.5, 0.6) is 0 Å². The van der Waals surface area contributed by atoms with Crippen LogP contribution in [0.4, 0.5) is 0 Å². The molecular formula is C15H23N3O3. The maximum Gasteiger partial charge on any atom is 0.251 e. The van der Waals surface area contributed by atoms with E-state index in [4.69, 9.17) is 9.26 Å². The Bertz CT molecular complexity index is 494. The smallest absolute Gasteiger partial charge is 0.251 e. The van der Waals surface area contributed by atoms with E-state index in [9.17, 15) is 4.79 Å². The third kappa shape index (κ3) is 3.10. The molecule has 2 aliphatic heterocycles. The molecule has 2 aliphatic rings. The third-order valence-corrected chi connectivity index (χ3v) is 4.25. The molecule has 2 fully saturated rings. The van der Waals surface area contributed by atoms with Gasteiger partial charge < -0.3 is 14.2 Å². The minimum Gasteiger partial charge on any atom is -0.368 e. The van der Waals surface area contributed by atoms with Crippen LogP contribution in [-0.4, -0.2) is 46.7 Å². The maximum atomic E-state index is 12.4. The molecule has 0 bridgehead atoms. The standard InChI is InChI=1S/C15H23N3O3/c1-10(2)14-16-13(17-21-14)11-5-3-7-18(9-11)15(19)12-6-4-8-20-12/h10-12H,3-9H2,1-2H3/t11-,12+/m1/s1. The second-order valence-electron chi connectivity index (χ2n) is 6.27. The van der Waals surface area contributed by atoms with E-state index in [0.29, 0.717) is 19.0 Å². The summed E-state index contributed by atoms with van der Waals surface area (Å²) in [5.74, 6) is 1.96. The third-order valence-electron chi connectivity index (χ3n) is 4.25. The van der Waals surface area contributed by atoms with Gasteiger partial charge in [-0.1, -0.05) is 19.0 Å². The quantitative estimate of drug-likeness (QED) is 0.853. The van der Waals surface area contributed by atoms with Crippen molar-refractivity contribution in [3.63, 3.8) is 0 Å². The lowest BCUT2D eigenvalue weighted by Crippen LogP contribution is -2.44. The number of rotatable bonds is 3. The van der Waals surface area contributed by atoms with Gasteiger partial charge in [0.05, 0.1) is 0 Å². The summed E-state index contributed by atoms with van der Waals surface area (Å²) in [5.41, 5.74) is 0. The first-order valence-electron chi connectivity index (χ1n) is 7.89. The molecule has 0 aromatic carbocycles. The molecule has 0 spiro atoms. The zero-order valence-corrected chi connectivity index (χ0v) is 12.7. The van der Waals surface area contributed by atoms with Crippen LogP contribution < -0.4 is 0 Å². The minimum atomic E-state index is -0.236. The van der Waals surface area contributed by atoms with E-state index >= 15 is 0 Å². The number of aromatic nitrogens is 2. The van der Waals surface area contributed by atoms with Gasteiger partial charge >= 0.3 is 0 Å². The van der Waals surface area contributed by atoms with Crippen molar-refractivity contribution < 1.29 is 14.1 Å². The first-order valence-corrected chi connectivity index (χ1v) is 7.89. The predicted molar refractivity (Wildman–Crippen MR) is 75.9 cm³/mol. The molecule has 0 N–H and O–H groups in total. The highest BCUT2D eigenvalue weighted by Crippen LogP contribution is 2.27. The number of amides is 1. The second kappa shape index (κ2) is 6.13. The fourth-order valence-electron chi connectivity index (χ4n) is 3.01. The van der Waals surface area contributed by atoms with Crippen LogP contribution in [0, 0.1) is 0 Å². The van der Waals surface area contributed by atoms with Gasteiger partial charge in [0.1, 0.15) is 6.10 Å². The summed E-state index contributed by atoms with van der Waals surface area (Å²) in [6, 6.07) is 0. The van der Waals surface area contributed by atoms with E-state index in [1.54, 1.807) is 0 Å². The van der Waals surface area contributed by atoms with E-state index in [0.717, 1.165) is 38.1 Å². The molecule has 2 atom stereocenters. The number of hydrogen-bond donors (Lipinski definition) is 0. The SMILES string of the molecule is CC(C)c1nc([C@@H]2CCCN(C(=O)[C@@H]3CCCO3)C2)no1. The zero-order valence-electron chi connectivity index (χ0n) is 12.7. The van der Waals surface area contributed by atoms with Gasteiger partial charge in [-0.3, -0.25) is 4.79 Å². The molecule has 6 heteroatoms. The molecule has 3 rings (SSSR count). The van der Waals surface area contributed by atoms with E-state index in [-0.39, 0.29) is 23.8 Å². The van der Waals surface area contributed by atoms with Crippen molar-refractivity contribution in [3.8, 4) is 0 Å². The lowest BCUT2D eigenvalue weighted by Gasteiger charge is -2.32. The van der Waals surface area contributed by atoms with Crippen molar-refractivity contribution in [2.75, 3.05) is 19.7 Å².